The van der Waals surface area contributed by atoms with E-state index in [1.54, 1.807) is 12.1 Å². The number of allylic oxidation sites excluding steroid dienone is 2. The van der Waals surface area contributed by atoms with Gasteiger partial charge in [-0.25, -0.2) is 8.78 Å². The van der Waals surface area contributed by atoms with Gasteiger partial charge in [-0.1, -0.05) is 158 Å². The molecule has 0 bridgehead atoms. The Bertz CT molecular complexity index is 1820. The molecule has 7 rings (SSSR count). The summed E-state index contributed by atoms with van der Waals surface area (Å²) in [4.78, 5) is 0. The molecule has 0 nitrogen and oxygen atoms in total. The summed E-state index contributed by atoms with van der Waals surface area (Å²) in [5.41, 5.74) is 4.90. The zero-order chi connectivity index (χ0) is 29.2. The Morgan fingerprint density at radius 1 is 0.326 bits per heavy atom. The zero-order valence-electron chi connectivity index (χ0n) is 23.4. The van der Waals surface area contributed by atoms with Gasteiger partial charge in [0.25, 0.3) is 0 Å². The van der Waals surface area contributed by atoms with Crippen LogP contribution in [0.15, 0.2) is 170 Å². The lowest BCUT2D eigenvalue weighted by atomic mass is 9.89. The fourth-order valence-corrected chi connectivity index (χ4v) is 12.3. The van der Waals surface area contributed by atoms with Crippen molar-refractivity contribution in [2.75, 3.05) is 0 Å². The molecule has 0 aromatic heterocycles. The lowest BCUT2D eigenvalue weighted by molar-refractivity contribution is 0.624. The van der Waals surface area contributed by atoms with Crippen LogP contribution < -0.4 is 10.4 Å². The van der Waals surface area contributed by atoms with Crippen LogP contribution in [0, 0.1) is 11.6 Å². The van der Waals surface area contributed by atoms with Gasteiger partial charge in [-0.2, -0.15) is 0 Å². The van der Waals surface area contributed by atoms with Crippen LogP contribution in [-0.4, -0.2) is 8.07 Å². The number of hydrogen-bond donors (Lipinski definition) is 0. The fourth-order valence-electron chi connectivity index (χ4n) is 6.66. The van der Waals surface area contributed by atoms with E-state index in [1.807, 2.05) is 97.1 Å². The topological polar surface area (TPSA) is 0 Å². The maximum Gasteiger partial charge on any atom is 0.182 e. The molecule has 0 aliphatic carbocycles. The van der Waals surface area contributed by atoms with Gasteiger partial charge in [0.2, 0.25) is 0 Å². The molecule has 0 spiro atoms. The average Bonchev–Trinajstić information content (AvgIpc) is 3.39. The maximum atomic E-state index is 16.3. The highest BCUT2D eigenvalue weighted by atomic mass is 28.3. The van der Waals surface area contributed by atoms with Gasteiger partial charge in [-0.15, -0.1) is 0 Å². The molecule has 206 valence electrons. The molecule has 6 aromatic rings. The minimum absolute atomic E-state index is 0.295. The number of rotatable bonds is 6. The Morgan fingerprint density at radius 2 is 0.628 bits per heavy atom. The van der Waals surface area contributed by atoms with Crippen LogP contribution in [0.3, 0.4) is 0 Å². The van der Waals surface area contributed by atoms with Crippen molar-refractivity contribution in [1.82, 2.24) is 0 Å². The highest BCUT2D eigenvalue weighted by Crippen LogP contribution is 2.55. The third-order valence-electron chi connectivity index (χ3n) is 8.32. The van der Waals surface area contributed by atoms with E-state index in [-0.39, 0.29) is 11.6 Å². The highest BCUT2D eigenvalue weighted by Gasteiger charge is 2.54. The first-order valence-electron chi connectivity index (χ1n) is 14.4. The second kappa shape index (κ2) is 11.3. The number of benzene rings is 6. The van der Waals surface area contributed by atoms with Crippen LogP contribution in [0.1, 0.15) is 22.3 Å². The molecule has 0 unspecified atom stereocenters. The highest BCUT2D eigenvalue weighted by molar-refractivity contribution is 7.29. The van der Waals surface area contributed by atoms with E-state index in [2.05, 4.69) is 48.5 Å². The standard InChI is InChI=1S/C40H28F2Si/c41-35-27-15-13-25-33(35)39-37(29-17-5-1-6-18-29)38(30-19-7-2-8-20-30)40(34-26-14-16-28-36(34)42)43(39,31-21-9-3-10-22-31)32-23-11-4-12-24-32/h1-28H. The van der Waals surface area contributed by atoms with Crippen LogP contribution in [0.2, 0.25) is 0 Å². The summed E-state index contributed by atoms with van der Waals surface area (Å²) in [5.74, 6) is -0.589. The quantitative estimate of drug-likeness (QED) is 0.174. The van der Waals surface area contributed by atoms with Crippen molar-refractivity contribution in [3.8, 4) is 0 Å². The van der Waals surface area contributed by atoms with Crippen molar-refractivity contribution >= 4 is 40.0 Å². The molecule has 1 aliphatic heterocycles. The van der Waals surface area contributed by atoms with Crippen LogP contribution >= 0.6 is 0 Å². The second-order valence-electron chi connectivity index (χ2n) is 10.7. The number of halogens is 2. The number of hydrogen-bond acceptors (Lipinski definition) is 0. The summed E-state index contributed by atoms with van der Waals surface area (Å²) in [6.45, 7) is 0. The predicted octanol–water partition coefficient (Wildman–Crippen LogP) is 8.84. The Hall–Kier alpha value is -5.12. The third-order valence-corrected chi connectivity index (χ3v) is 13.3. The van der Waals surface area contributed by atoms with Crippen molar-refractivity contribution in [1.29, 1.82) is 0 Å². The molecule has 0 fully saturated rings. The second-order valence-corrected chi connectivity index (χ2v) is 14.3. The van der Waals surface area contributed by atoms with Gasteiger partial charge in [-0.05, 0) is 55.2 Å². The summed E-state index contributed by atoms with van der Waals surface area (Å²) in [5, 5.41) is 3.98. The third kappa shape index (κ3) is 4.41. The van der Waals surface area contributed by atoms with E-state index < -0.39 is 8.07 Å². The minimum atomic E-state index is -3.40. The molecule has 3 heteroatoms. The molecule has 6 aromatic carbocycles. The first-order valence-corrected chi connectivity index (χ1v) is 16.4. The molecular formula is C40H28F2Si. The van der Waals surface area contributed by atoms with Crippen LogP contribution in [0.5, 0.6) is 0 Å². The summed E-state index contributed by atoms with van der Waals surface area (Å²) < 4.78 is 32.7. The van der Waals surface area contributed by atoms with E-state index in [9.17, 15) is 0 Å². The molecule has 43 heavy (non-hydrogen) atoms. The monoisotopic (exact) mass is 574 g/mol. The SMILES string of the molecule is Fc1ccccc1C1=C(c2ccccc2)C(c2ccccc2)=C(c2ccccc2F)[Si]1(c1ccccc1)c1ccccc1. The normalized spacial score (nSPS) is 14.3. The zero-order valence-corrected chi connectivity index (χ0v) is 24.4. The molecule has 0 amide bonds. The van der Waals surface area contributed by atoms with Crippen molar-refractivity contribution in [3.05, 3.63) is 204 Å². The molecule has 0 N–H and O–H groups in total. The Morgan fingerprint density at radius 3 is 0.977 bits per heavy atom. The Labute approximate surface area is 252 Å². The maximum absolute atomic E-state index is 16.3. The lowest BCUT2D eigenvalue weighted by Gasteiger charge is -2.36. The van der Waals surface area contributed by atoms with Gasteiger partial charge in [-0.3, -0.25) is 0 Å². The van der Waals surface area contributed by atoms with E-state index in [0.29, 0.717) is 11.1 Å². The fraction of sp³-hybridized carbons (Fsp3) is 0. The van der Waals surface area contributed by atoms with E-state index in [1.165, 1.54) is 12.1 Å². The summed E-state index contributed by atoms with van der Waals surface area (Å²) >= 11 is 0. The first-order chi connectivity index (χ1) is 21.2. The van der Waals surface area contributed by atoms with Crippen molar-refractivity contribution < 1.29 is 8.78 Å². The van der Waals surface area contributed by atoms with Gasteiger partial charge >= 0.3 is 0 Å². The molecule has 0 saturated carbocycles. The van der Waals surface area contributed by atoms with E-state index in [4.69, 9.17) is 0 Å². The molecule has 1 aliphatic rings. The molecule has 0 atom stereocenters. The van der Waals surface area contributed by atoms with Crippen LogP contribution in [0.4, 0.5) is 8.78 Å². The molecule has 1 heterocycles. The molecule has 0 radical (unpaired) electrons. The largest absolute Gasteiger partial charge is 0.206 e. The Kier molecular flexibility index (Phi) is 7.02. The van der Waals surface area contributed by atoms with E-state index >= 15 is 8.78 Å². The summed E-state index contributed by atoms with van der Waals surface area (Å²) in [7, 11) is -3.40. The summed E-state index contributed by atoms with van der Waals surface area (Å²) in [6, 6.07) is 55.1. The van der Waals surface area contributed by atoms with Gasteiger partial charge in [0.05, 0.1) is 0 Å². The van der Waals surface area contributed by atoms with Gasteiger partial charge in [0.15, 0.2) is 8.07 Å². The predicted molar refractivity (Wildman–Crippen MR) is 177 cm³/mol. The molecule has 0 saturated heterocycles. The molecular weight excluding hydrogens is 547 g/mol. The lowest BCUT2D eigenvalue weighted by Crippen LogP contribution is -2.60. The van der Waals surface area contributed by atoms with E-state index in [0.717, 1.165) is 43.0 Å². The van der Waals surface area contributed by atoms with Crippen molar-refractivity contribution in [2.24, 2.45) is 0 Å². The van der Waals surface area contributed by atoms with Gasteiger partial charge in [0, 0.05) is 11.1 Å². The van der Waals surface area contributed by atoms with Crippen molar-refractivity contribution in [2.45, 2.75) is 0 Å². The Balaban J connectivity index is 1.81. The van der Waals surface area contributed by atoms with Crippen molar-refractivity contribution in [3.63, 3.8) is 0 Å². The first kappa shape index (κ1) is 26.8. The van der Waals surface area contributed by atoms with Gasteiger partial charge < -0.3 is 0 Å². The smallest absolute Gasteiger partial charge is 0.182 e. The van der Waals surface area contributed by atoms with Gasteiger partial charge in [0.1, 0.15) is 11.6 Å². The van der Waals surface area contributed by atoms with Crippen LogP contribution in [-0.2, 0) is 0 Å². The average molecular weight is 575 g/mol. The summed E-state index contributed by atoms with van der Waals surface area (Å²) in [6.07, 6.45) is 0. The van der Waals surface area contributed by atoms with Crippen LogP contribution in [0.25, 0.3) is 21.5 Å². The minimum Gasteiger partial charge on any atom is -0.206 e.